The van der Waals surface area contributed by atoms with E-state index in [1.165, 1.54) is 0 Å². The van der Waals surface area contributed by atoms with Crippen molar-refractivity contribution < 1.29 is 9.59 Å². The SMILES string of the molecule is Cc1cc(Cl)nc(C(=O)N(C)C2CCC(NC(=O)c3ccnc4ccccc34)CC2)c1. The van der Waals surface area contributed by atoms with Crippen LogP contribution in [0.2, 0.25) is 5.15 Å². The molecule has 0 spiro atoms. The number of hydrogen-bond acceptors (Lipinski definition) is 4. The Morgan fingerprint density at radius 1 is 1.10 bits per heavy atom. The third-order valence-electron chi connectivity index (χ3n) is 5.95. The molecule has 0 atom stereocenters. The van der Waals surface area contributed by atoms with Crippen molar-refractivity contribution in [2.45, 2.75) is 44.7 Å². The average Bonchev–Trinajstić information content (AvgIpc) is 2.77. The molecule has 1 aliphatic rings. The van der Waals surface area contributed by atoms with Crippen molar-refractivity contribution in [2.75, 3.05) is 7.05 Å². The Morgan fingerprint density at radius 2 is 1.84 bits per heavy atom. The van der Waals surface area contributed by atoms with Crippen molar-refractivity contribution in [3.63, 3.8) is 0 Å². The number of aryl methyl sites for hydroxylation is 1. The van der Waals surface area contributed by atoms with Crippen LogP contribution in [0.25, 0.3) is 10.9 Å². The van der Waals surface area contributed by atoms with Crippen molar-refractivity contribution in [3.8, 4) is 0 Å². The fourth-order valence-electron chi connectivity index (χ4n) is 4.25. The zero-order chi connectivity index (χ0) is 22.0. The number of carbonyl (C=O) groups excluding carboxylic acids is 2. The van der Waals surface area contributed by atoms with Gasteiger partial charge in [-0.1, -0.05) is 29.8 Å². The molecule has 1 aliphatic carbocycles. The normalized spacial score (nSPS) is 18.5. The zero-order valence-electron chi connectivity index (χ0n) is 17.6. The Morgan fingerprint density at radius 3 is 2.58 bits per heavy atom. The summed E-state index contributed by atoms with van der Waals surface area (Å²) in [6.45, 7) is 1.89. The molecule has 1 fully saturated rings. The second-order valence-corrected chi connectivity index (χ2v) is 8.51. The van der Waals surface area contributed by atoms with E-state index in [-0.39, 0.29) is 23.9 Å². The maximum Gasteiger partial charge on any atom is 0.272 e. The fourth-order valence-corrected chi connectivity index (χ4v) is 4.51. The van der Waals surface area contributed by atoms with Gasteiger partial charge in [0, 0.05) is 30.7 Å². The van der Waals surface area contributed by atoms with Crippen LogP contribution in [0.1, 0.15) is 52.1 Å². The minimum atomic E-state index is -0.124. The van der Waals surface area contributed by atoms with E-state index < -0.39 is 0 Å². The van der Waals surface area contributed by atoms with E-state index in [9.17, 15) is 9.59 Å². The second-order valence-electron chi connectivity index (χ2n) is 8.12. The lowest BCUT2D eigenvalue weighted by Crippen LogP contribution is -2.44. The van der Waals surface area contributed by atoms with Gasteiger partial charge in [0.25, 0.3) is 11.8 Å². The lowest BCUT2D eigenvalue weighted by molar-refractivity contribution is 0.0670. The van der Waals surface area contributed by atoms with Gasteiger partial charge >= 0.3 is 0 Å². The van der Waals surface area contributed by atoms with Crippen molar-refractivity contribution >= 4 is 34.3 Å². The van der Waals surface area contributed by atoms with Gasteiger partial charge in [0.05, 0.1) is 11.1 Å². The molecule has 6 nitrogen and oxygen atoms in total. The molecule has 0 aliphatic heterocycles. The molecule has 2 amide bonds. The number of benzene rings is 1. The van der Waals surface area contributed by atoms with Gasteiger partial charge in [-0.2, -0.15) is 0 Å². The van der Waals surface area contributed by atoms with E-state index in [1.54, 1.807) is 29.3 Å². The number of hydrogen-bond donors (Lipinski definition) is 1. The smallest absolute Gasteiger partial charge is 0.272 e. The van der Waals surface area contributed by atoms with Gasteiger partial charge in [0.1, 0.15) is 10.8 Å². The number of nitrogens with zero attached hydrogens (tertiary/aromatic N) is 3. The summed E-state index contributed by atoms with van der Waals surface area (Å²) in [5, 5.41) is 4.34. The van der Waals surface area contributed by atoms with E-state index in [4.69, 9.17) is 11.6 Å². The van der Waals surface area contributed by atoms with Crippen LogP contribution in [0.3, 0.4) is 0 Å². The standard InChI is InChI=1S/C24H25ClN4O2/c1-15-13-21(28-22(25)14-15)24(31)29(2)17-9-7-16(8-10-17)27-23(30)19-11-12-26-20-6-4-3-5-18(19)20/h3-6,11-14,16-17H,7-10H2,1-2H3,(H,27,30). The van der Waals surface area contributed by atoms with Crippen LogP contribution in [-0.2, 0) is 0 Å². The molecule has 7 heteroatoms. The molecule has 1 saturated carbocycles. The Bertz CT molecular complexity index is 1100. The minimum absolute atomic E-state index is 0.0786. The lowest BCUT2D eigenvalue weighted by Gasteiger charge is -2.35. The van der Waals surface area contributed by atoms with Crippen LogP contribution in [0.5, 0.6) is 0 Å². The molecule has 4 rings (SSSR count). The average molecular weight is 437 g/mol. The molecule has 3 aromatic rings. The summed E-state index contributed by atoms with van der Waals surface area (Å²) < 4.78 is 0. The highest BCUT2D eigenvalue weighted by atomic mass is 35.5. The summed E-state index contributed by atoms with van der Waals surface area (Å²) in [7, 11) is 1.81. The van der Waals surface area contributed by atoms with Gasteiger partial charge in [-0.3, -0.25) is 14.6 Å². The number of aromatic nitrogens is 2. The van der Waals surface area contributed by atoms with E-state index in [1.807, 2.05) is 38.2 Å². The monoisotopic (exact) mass is 436 g/mol. The lowest BCUT2D eigenvalue weighted by atomic mass is 9.90. The topological polar surface area (TPSA) is 75.2 Å². The molecule has 0 radical (unpaired) electrons. The molecule has 2 heterocycles. The van der Waals surface area contributed by atoms with Gasteiger partial charge in [0.15, 0.2) is 0 Å². The molecule has 160 valence electrons. The van der Waals surface area contributed by atoms with Gasteiger partial charge in [0.2, 0.25) is 0 Å². The first-order valence-corrected chi connectivity index (χ1v) is 10.9. The van der Waals surface area contributed by atoms with Crippen LogP contribution in [0, 0.1) is 6.92 Å². The van der Waals surface area contributed by atoms with Crippen molar-refractivity contribution in [1.82, 2.24) is 20.2 Å². The number of carbonyl (C=O) groups is 2. The number of fused-ring (bicyclic) bond motifs is 1. The van der Waals surface area contributed by atoms with Gasteiger partial charge in [-0.15, -0.1) is 0 Å². The van der Waals surface area contributed by atoms with Crippen molar-refractivity contribution in [2.24, 2.45) is 0 Å². The summed E-state index contributed by atoms with van der Waals surface area (Å²) in [6, 6.07) is 13.1. The zero-order valence-corrected chi connectivity index (χ0v) is 18.4. The van der Waals surface area contributed by atoms with Crippen molar-refractivity contribution in [3.05, 3.63) is 70.6 Å². The Kier molecular flexibility index (Phi) is 6.18. The second kappa shape index (κ2) is 9.02. The van der Waals surface area contributed by atoms with Crippen LogP contribution < -0.4 is 5.32 Å². The largest absolute Gasteiger partial charge is 0.349 e. The van der Waals surface area contributed by atoms with Crippen LogP contribution >= 0.6 is 11.6 Å². The molecule has 1 N–H and O–H groups in total. The van der Waals surface area contributed by atoms with E-state index in [0.29, 0.717) is 16.4 Å². The predicted octanol–water partition coefficient (Wildman–Crippen LogP) is 4.40. The molecule has 0 unspecified atom stereocenters. The summed E-state index contributed by atoms with van der Waals surface area (Å²) in [4.78, 5) is 36.0. The highest BCUT2D eigenvalue weighted by Crippen LogP contribution is 2.25. The molecule has 0 bridgehead atoms. The number of rotatable bonds is 4. The Labute approximate surface area is 186 Å². The molecule has 2 aromatic heterocycles. The maximum atomic E-state index is 12.9. The van der Waals surface area contributed by atoms with Gasteiger partial charge in [-0.25, -0.2) is 4.98 Å². The first-order chi connectivity index (χ1) is 14.9. The molecule has 1 aromatic carbocycles. The Hall–Kier alpha value is -2.99. The minimum Gasteiger partial charge on any atom is -0.349 e. The highest BCUT2D eigenvalue weighted by molar-refractivity contribution is 6.29. The molecular weight excluding hydrogens is 412 g/mol. The maximum absolute atomic E-state index is 12.9. The number of para-hydroxylation sites is 1. The highest BCUT2D eigenvalue weighted by Gasteiger charge is 2.29. The van der Waals surface area contributed by atoms with E-state index in [0.717, 1.165) is 42.1 Å². The molecule has 31 heavy (non-hydrogen) atoms. The van der Waals surface area contributed by atoms with E-state index >= 15 is 0 Å². The quantitative estimate of drug-likeness (QED) is 0.615. The molecular formula is C24H25ClN4O2. The Balaban J connectivity index is 1.37. The number of pyridine rings is 2. The summed E-state index contributed by atoms with van der Waals surface area (Å²) in [6.07, 6.45) is 4.95. The van der Waals surface area contributed by atoms with Gasteiger partial charge < -0.3 is 10.2 Å². The number of halogens is 1. The summed E-state index contributed by atoms with van der Waals surface area (Å²) in [5.41, 5.74) is 2.73. The van der Waals surface area contributed by atoms with Crippen LogP contribution in [0.15, 0.2) is 48.7 Å². The predicted molar refractivity (Wildman–Crippen MR) is 121 cm³/mol. The third kappa shape index (κ3) is 4.69. The fraction of sp³-hybridized carbons (Fsp3) is 0.333. The summed E-state index contributed by atoms with van der Waals surface area (Å²) in [5.74, 6) is -0.202. The molecule has 0 saturated heterocycles. The first-order valence-electron chi connectivity index (χ1n) is 10.5. The van der Waals surface area contributed by atoms with Crippen LogP contribution in [0.4, 0.5) is 0 Å². The number of amides is 2. The van der Waals surface area contributed by atoms with Crippen LogP contribution in [-0.4, -0.2) is 45.8 Å². The first kappa shape index (κ1) is 21.2. The number of nitrogens with one attached hydrogen (secondary N) is 1. The van der Waals surface area contributed by atoms with Gasteiger partial charge in [-0.05, 0) is 62.4 Å². The summed E-state index contributed by atoms with van der Waals surface area (Å²) >= 11 is 6.01. The van der Waals surface area contributed by atoms with Crippen molar-refractivity contribution in [1.29, 1.82) is 0 Å². The van der Waals surface area contributed by atoms with E-state index in [2.05, 4.69) is 15.3 Å². The third-order valence-corrected chi connectivity index (χ3v) is 6.14.